The molecule has 0 aliphatic carbocycles. The average Bonchev–Trinajstić information content (AvgIpc) is 0.783. The molecule has 0 aromatic carbocycles. The van der Waals surface area contributed by atoms with Crippen LogP contribution in [0.3, 0.4) is 0 Å². The van der Waals surface area contributed by atoms with Crippen LogP contribution >= 0.6 is 0 Å². The van der Waals surface area contributed by atoms with E-state index >= 15 is 0 Å². The number of amides is 6. The molecule has 2 aliphatic rings. The number of primary amides is 1. The van der Waals surface area contributed by atoms with Crippen LogP contribution in [0.4, 0.5) is 0 Å². The van der Waals surface area contributed by atoms with Crippen LogP contribution in [0.15, 0.2) is 0 Å². The van der Waals surface area contributed by atoms with Gasteiger partial charge >= 0.3 is 17.9 Å². The van der Waals surface area contributed by atoms with Gasteiger partial charge in [-0.3, -0.25) is 38.4 Å². The Morgan fingerprint density at radius 3 is 1.43 bits per heavy atom. The quantitative estimate of drug-likeness (QED) is 0.0233. The second-order valence-corrected chi connectivity index (χ2v) is 24.7. The molecule has 27 heteroatoms. The minimum absolute atomic E-state index is 0.104. The number of esters is 3. The first kappa shape index (κ1) is 83.0. The maximum atomic E-state index is 13.8. The number of rotatable bonds is 51. The van der Waals surface area contributed by atoms with Gasteiger partial charge in [-0.15, -0.1) is 0 Å². The van der Waals surface area contributed by atoms with Crippen LogP contribution in [0, 0.1) is 0 Å². The average molecular weight is 1320 g/mol. The Balaban J connectivity index is 2.11. The SMILES string of the molecule is CCCCCCCCCCCCCCCC(=O)OCC(COC(=O)[C@H](C)NC(=O)[C@@H](CCC(N)=O)NC(=O)[C@H](C)NC(=O)C(C)O[C@@H]1[C@@H](NC(C)=O)[C@@H](O)O[C@H](CO)[C@H]1O[C@@H]1O[C@H](CO)[C@@H](O)[C@H](O)[C@H]1NC(C)=O)OC(=O)CCCCCCCCCCCCCCC. The lowest BCUT2D eigenvalue weighted by Gasteiger charge is -2.48. The highest BCUT2D eigenvalue weighted by molar-refractivity contribution is 5.94. The topological polar surface area (TPSA) is 406 Å². The molecular weight excluding hydrogens is 1200 g/mol. The summed E-state index contributed by atoms with van der Waals surface area (Å²) in [6, 6.07) is -7.40. The van der Waals surface area contributed by atoms with Crippen molar-refractivity contribution >= 4 is 53.4 Å². The number of ether oxygens (including phenoxy) is 7. The van der Waals surface area contributed by atoms with Gasteiger partial charge in [-0.1, -0.05) is 168 Å². The maximum absolute atomic E-state index is 13.8. The van der Waals surface area contributed by atoms with Crippen molar-refractivity contribution in [3.8, 4) is 0 Å². The largest absolute Gasteiger partial charge is 0.462 e. The molecule has 15 atom stereocenters. The van der Waals surface area contributed by atoms with Gasteiger partial charge in [-0.05, 0) is 40.0 Å². The first-order valence-electron chi connectivity index (χ1n) is 34.1. The molecule has 2 heterocycles. The molecule has 532 valence electrons. The Hall–Kier alpha value is -5.13. The van der Waals surface area contributed by atoms with Crippen LogP contribution in [0.1, 0.15) is 241 Å². The molecule has 92 heavy (non-hydrogen) atoms. The molecule has 2 saturated heterocycles. The van der Waals surface area contributed by atoms with Crippen LogP contribution in [0.2, 0.25) is 0 Å². The number of nitrogens with one attached hydrogen (secondary N) is 5. The van der Waals surface area contributed by atoms with Gasteiger partial charge in [0.1, 0.15) is 86.2 Å². The van der Waals surface area contributed by atoms with Gasteiger partial charge in [0.05, 0.1) is 13.2 Å². The predicted molar refractivity (Wildman–Crippen MR) is 338 cm³/mol. The number of aliphatic hydroxyl groups is 5. The summed E-state index contributed by atoms with van der Waals surface area (Å²) < 4.78 is 40.2. The summed E-state index contributed by atoms with van der Waals surface area (Å²) in [5, 5.41) is 65.0. The molecule has 6 amide bonds. The minimum Gasteiger partial charge on any atom is -0.462 e. The lowest BCUT2D eigenvalue weighted by molar-refractivity contribution is -0.333. The van der Waals surface area contributed by atoms with Gasteiger partial charge in [0.25, 0.3) is 0 Å². The number of hydrogen-bond acceptors (Lipinski definition) is 21. The van der Waals surface area contributed by atoms with Crippen LogP contribution in [-0.2, 0) is 76.3 Å². The lowest BCUT2D eigenvalue weighted by Crippen LogP contribution is -2.70. The molecule has 0 spiro atoms. The van der Waals surface area contributed by atoms with E-state index in [0.717, 1.165) is 65.2 Å². The minimum atomic E-state index is -1.89. The van der Waals surface area contributed by atoms with Gasteiger partial charge in [0.2, 0.25) is 35.4 Å². The predicted octanol–water partition coefficient (Wildman–Crippen LogP) is 4.02. The molecule has 12 N–H and O–H groups in total. The third-order valence-corrected chi connectivity index (χ3v) is 16.4. The fourth-order valence-corrected chi connectivity index (χ4v) is 10.9. The van der Waals surface area contributed by atoms with E-state index in [0.29, 0.717) is 12.8 Å². The van der Waals surface area contributed by atoms with E-state index in [1.54, 1.807) is 0 Å². The van der Waals surface area contributed by atoms with Gasteiger partial charge in [-0.25, -0.2) is 4.79 Å². The molecule has 2 unspecified atom stereocenters. The van der Waals surface area contributed by atoms with Gasteiger partial charge in [-0.2, -0.15) is 0 Å². The summed E-state index contributed by atoms with van der Waals surface area (Å²) in [5.41, 5.74) is 5.41. The van der Waals surface area contributed by atoms with Gasteiger partial charge in [0, 0.05) is 33.1 Å². The van der Waals surface area contributed by atoms with Crippen molar-refractivity contribution in [3.05, 3.63) is 0 Å². The number of unbranched alkanes of at least 4 members (excludes halogenated alkanes) is 24. The lowest BCUT2D eigenvalue weighted by atomic mass is 9.94. The smallest absolute Gasteiger partial charge is 0.328 e. The molecule has 27 nitrogen and oxygen atoms in total. The molecule has 2 fully saturated rings. The summed E-state index contributed by atoms with van der Waals surface area (Å²) >= 11 is 0. The Kier molecular flexibility index (Phi) is 43.8. The Morgan fingerprint density at radius 1 is 0.500 bits per heavy atom. The fraction of sp³-hybridized carbons (Fsp3) is 0.862. The molecule has 0 bridgehead atoms. The maximum Gasteiger partial charge on any atom is 0.328 e. The molecule has 0 aromatic heterocycles. The summed E-state index contributed by atoms with van der Waals surface area (Å²) in [7, 11) is 0. The highest BCUT2D eigenvalue weighted by atomic mass is 16.7. The molecular formula is C65H116N6O21. The zero-order valence-electron chi connectivity index (χ0n) is 56.0. The number of carbonyl (C=O) groups excluding carboxylic acids is 9. The first-order valence-corrected chi connectivity index (χ1v) is 34.1. The van der Waals surface area contributed by atoms with Crippen LogP contribution < -0.4 is 32.3 Å². The molecule has 0 saturated carbocycles. The van der Waals surface area contributed by atoms with Gasteiger partial charge in [0.15, 0.2) is 18.7 Å². The van der Waals surface area contributed by atoms with E-state index < -0.39 is 171 Å². The van der Waals surface area contributed by atoms with Crippen molar-refractivity contribution in [2.45, 2.75) is 333 Å². The fourth-order valence-electron chi connectivity index (χ4n) is 10.9. The molecule has 2 aliphatic heterocycles. The summed E-state index contributed by atoms with van der Waals surface area (Å²) in [6.45, 7) is 7.79. The van der Waals surface area contributed by atoms with E-state index in [9.17, 15) is 68.7 Å². The zero-order chi connectivity index (χ0) is 68.4. The first-order chi connectivity index (χ1) is 44.0. The van der Waals surface area contributed by atoms with Crippen molar-refractivity contribution in [2.24, 2.45) is 5.73 Å². The summed E-state index contributed by atoms with van der Waals surface area (Å²) in [4.78, 5) is 117. The van der Waals surface area contributed by atoms with Crippen molar-refractivity contribution in [1.82, 2.24) is 26.6 Å². The Morgan fingerprint density at radius 2 is 0.957 bits per heavy atom. The van der Waals surface area contributed by atoms with Crippen LogP contribution in [0.5, 0.6) is 0 Å². The second-order valence-electron chi connectivity index (χ2n) is 24.7. The van der Waals surface area contributed by atoms with Crippen LogP contribution in [0.25, 0.3) is 0 Å². The zero-order valence-corrected chi connectivity index (χ0v) is 56.0. The normalized spacial score (nSPS) is 23.0. The molecule has 0 aromatic rings. The monoisotopic (exact) mass is 1320 g/mol. The van der Waals surface area contributed by atoms with E-state index in [4.69, 9.17) is 38.9 Å². The summed E-state index contributed by atoms with van der Waals surface area (Å²) in [5.74, 6) is -7.17. The third-order valence-electron chi connectivity index (χ3n) is 16.4. The van der Waals surface area contributed by atoms with Crippen molar-refractivity contribution < 1.29 is 102 Å². The van der Waals surface area contributed by atoms with Crippen molar-refractivity contribution in [1.29, 1.82) is 0 Å². The van der Waals surface area contributed by atoms with E-state index in [-0.39, 0.29) is 25.9 Å². The number of nitrogens with two attached hydrogens (primary N) is 1. The second kappa shape index (κ2) is 48.6. The van der Waals surface area contributed by atoms with Crippen LogP contribution in [-0.4, -0.2) is 197 Å². The van der Waals surface area contributed by atoms with Crippen molar-refractivity contribution in [2.75, 3.05) is 26.4 Å². The number of aliphatic hydroxyl groups excluding tert-OH is 5. The van der Waals surface area contributed by atoms with Crippen molar-refractivity contribution in [3.63, 3.8) is 0 Å². The van der Waals surface area contributed by atoms with Gasteiger partial charge < -0.3 is 91.0 Å². The number of carbonyl (C=O) groups is 9. The highest BCUT2D eigenvalue weighted by Gasteiger charge is 2.53. The Bertz CT molecular complexity index is 2150. The summed E-state index contributed by atoms with van der Waals surface area (Å²) in [6.07, 6.45) is 13.0. The molecule has 2 rings (SSSR count). The van der Waals surface area contributed by atoms with E-state index in [1.165, 1.54) is 124 Å². The Labute approximate surface area is 544 Å². The number of hydrogen-bond donors (Lipinski definition) is 11. The van der Waals surface area contributed by atoms with E-state index in [1.807, 2.05) is 0 Å². The highest BCUT2D eigenvalue weighted by Crippen LogP contribution is 2.31. The third kappa shape index (κ3) is 34.3. The molecule has 0 radical (unpaired) electrons. The van der Waals surface area contributed by atoms with E-state index in [2.05, 4.69) is 40.4 Å². The standard InChI is InChI=1S/C65H116N6O21/c1-8-10-12-14-16-18-20-22-24-26-28-30-32-34-52(77)86-40-47(89-53(78)35-33-31-29-27-25-23-21-19-17-15-13-11-9-2)41-87-63(84)43(4)68-62(83)48(36-37-51(66)76)71-60(81)42(3)67-61(82)44(5)88-59-55(70-46(7)75)64(85)90-50(39-73)58(59)92-65-54(69-45(6)74)57(80)56(79)49(38-72)91-65/h42-44,47-50,54-59,64-65,72-73,79-80,85H,8-41H2,1-7H3,(H2,66,76)(H,67,82)(H,68,83)(H,69,74)(H,70,75)(H,71,81)/t42-,43-,44?,47?,48+,49+,50+,54+,55+,56+,57+,58+,59+,64-,65-/m0/s1.